The van der Waals surface area contributed by atoms with Crippen LogP contribution < -0.4 is 16.6 Å². The molecule has 23 heavy (non-hydrogen) atoms. The molecule has 124 valence electrons. The van der Waals surface area contributed by atoms with Crippen LogP contribution in [-0.4, -0.2) is 21.2 Å². The number of nitrogens with zero attached hydrogens (tertiary/aromatic N) is 2. The molecular weight excluding hydrogens is 296 g/mol. The minimum atomic E-state index is -0.792. The van der Waals surface area contributed by atoms with E-state index in [4.69, 9.17) is 10.2 Å². The summed E-state index contributed by atoms with van der Waals surface area (Å²) in [5.74, 6) is 0.905. The smallest absolute Gasteiger partial charge is 0.290 e. The van der Waals surface area contributed by atoms with Crippen molar-refractivity contribution in [1.29, 1.82) is 0 Å². The van der Waals surface area contributed by atoms with E-state index in [0.29, 0.717) is 11.5 Å². The Morgan fingerprint density at radius 3 is 2.57 bits per heavy atom. The topological polar surface area (TPSA) is 103 Å². The van der Waals surface area contributed by atoms with Crippen molar-refractivity contribution in [2.45, 2.75) is 46.2 Å². The normalized spacial score (nSPS) is 12.9. The number of aryl methyl sites for hydroxylation is 1. The Morgan fingerprint density at radius 1 is 1.39 bits per heavy atom. The first-order valence-electron chi connectivity index (χ1n) is 7.36. The monoisotopic (exact) mass is 318 g/mol. The van der Waals surface area contributed by atoms with Crippen molar-refractivity contribution < 1.29 is 9.21 Å². The van der Waals surface area contributed by atoms with Crippen LogP contribution in [0, 0.1) is 6.92 Å². The van der Waals surface area contributed by atoms with Gasteiger partial charge in [-0.2, -0.15) is 5.10 Å². The average molecular weight is 318 g/mol. The Morgan fingerprint density at radius 2 is 2.04 bits per heavy atom. The van der Waals surface area contributed by atoms with Crippen LogP contribution in [0.4, 0.5) is 5.69 Å². The number of carbonyl (C=O) groups excluding carboxylic acids is 1. The van der Waals surface area contributed by atoms with Gasteiger partial charge in [-0.3, -0.25) is 9.59 Å². The summed E-state index contributed by atoms with van der Waals surface area (Å²) in [4.78, 5) is 24.5. The number of aromatic nitrogens is 2. The first-order valence-corrected chi connectivity index (χ1v) is 7.36. The summed E-state index contributed by atoms with van der Waals surface area (Å²) < 4.78 is 6.59. The second kappa shape index (κ2) is 5.91. The van der Waals surface area contributed by atoms with Crippen molar-refractivity contribution in [3.05, 3.63) is 34.3 Å². The van der Waals surface area contributed by atoms with E-state index in [0.717, 1.165) is 10.4 Å². The van der Waals surface area contributed by atoms with Gasteiger partial charge in [0, 0.05) is 5.54 Å². The standard InChI is InChI=1S/C16H22N4O3/c1-9-6-7-13(23-9)12-8-11(17)15(22)20(19-12)10(2)14(21)18-16(3,4)5/h6-8,10H,17H2,1-5H3,(H,18,21)/t10-/m0/s1. The van der Waals surface area contributed by atoms with Crippen LogP contribution in [-0.2, 0) is 4.79 Å². The third kappa shape index (κ3) is 3.80. The van der Waals surface area contributed by atoms with Crippen LogP contribution in [0.15, 0.2) is 27.4 Å². The maximum atomic E-state index is 12.3. The van der Waals surface area contributed by atoms with E-state index < -0.39 is 17.1 Å². The first-order chi connectivity index (χ1) is 10.6. The Balaban J connectivity index is 2.44. The molecule has 0 aliphatic carbocycles. The highest BCUT2D eigenvalue weighted by Gasteiger charge is 2.23. The number of carbonyl (C=O) groups is 1. The van der Waals surface area contributed by atoms with Crippen LogP contribution >= 0.6 is 0 Å². The molecule has 2 aromatic heterocycles. The van der Waals surface area contributed by atoms with Gasteiger partial charge >= 0.3 is 0 Å². The van der Waals surface area contributed by atoms with Gasteiger partial charge in [-0.15, -0.1) is 0 Å². The lowest BCUT2D eigenvalue weighted by molar-refractivity contribution is -0.125. The molecule has 2 rings (SSSR count). The fraction of sp³-hybridized carbons (Fsp3) is 0.438. The highest BCUT2D eigenvalue weighted by molar-refractivity contribution is 5.80. The van der Waals surface area contributed by atoms with Crippen LogP contribution in [0.5, 0.6) is 0 Å². The average Bonchev–Trinajstić information content (AvgIpc) is 2.85. The molecule has 0 saturated carbocycles. The van der Waals surface area contributed by atoms with Gasteiger partial charge in [-0.1, -0.05) is 0 Å². The largest absolute Gasteiger partial charge is 0.460 e. The van der Waals surface area contributed by atoms with Crippen molar-refractivity contribution in [3.8, 4) is 11.5 Å². The van der Waals surface area contributed by atoms with Gasteiger partial charge in [-0.05, 0) is 52.8 Å². The third-order valence-electron chi connectivity index (χ3n) is 3.20. The molecule has 0 unspecified atom stereocenters. The van der Waals surface area contributed by atoms with Gasteiger partial charge in [0.1, 0.15) is 23.2 Å². The molecule has 2 heterocycles. The summed E-state index contributed by atoms with van der Waals surface area (Å²) in [6, 6.07) is 4.19. The van der Waals surface area contributed by atoms with Crippen LogP contribution in [0.25, 0.3) is 11.5 Å². The van der Waals surface area contributed by atoms with Crippen LogP contribution in [0.1, 0.15) is 39.5 Å². The molecule has 0 fully saturated rings. The molecule has 0 saturated heterocycles. The Kier molecular flexibility index (Phi) is 4.31. The number of nitrogens with one attached hydrogen (secondary N) is 1. The van der Waals surface area contributed by atoms with Gasteiger partial charge in [0.05, 0.1) is 0 Å². The van der Waals surface area contributed by atoms with E-state index >= 15 is 0 Å². The number of hydrogen-bond acceptors (Lipinski definition) is 5. The number of anilines is 1. The first kappa shape index (κ1) is 16.8. The van der Waals surface area contributed by atoms with E-state index in [-0.39, 0.29) is 11.6 Å². The maximum Gasteiger partial charge on any atom is 0.290 e. The van der Waals surface area contributed by atoms with Crippen molar-refractivity contribution in [2.24, 2.45) is 0 Å². The highest BCUT2D eigenvalue weighted by Crippen LogP contribution is 2.21. The lowest BCUT2D eigenvalue weighted by Crippen LogP contribution is -2.46. The van der Waals surface area contributed by atoms with E-state index in [1.165, 1.54) is 6.07 Å². The highest BCUT2D eigenvalue weighted by atomic mass is 16.3. The molecule has 7 nitrogen and oxygen atoms in total. The molecule has 0 aromatic carbocycles. The minimum Gasteiger partial charge on any atom is -0.460 e. The molecule has 2 aromatic rings. The maximum absolute atomic E-state index is 12.3. The SMILES string of the molecule is Cc1ccc(-c2cc(N)c(=O)n([C@@H](C)C(=O)NC(C)(C)C)n2)o1. The fourth-order valence-electron chi connectivity index (χ4n) is 2.07. The zero-order valence-electron chi connectivity index (χ0n) is 14.0. The number of furan rings is 1. The second-order valence-electron chi connectivity index (χ2n) is 6.56. The lowest BCUT2D eigenvalue weighted by Gasteiger charge is -2.23. The quantitative estimate of drug-likeness (QED) is 0.899. The lowest BCUT2D eigenvalue weighted by atomic mass is 10.1. The third-order valence-corrected chi connectivity index (χ3v) is 3.20. The number of hydrogen-bond donors (Lipinski definition) is 2. The zero-order chi connectivity index (χ0) is 17.4. The van der Waals surface area contributed by atoms with Crippen molar-refractivity contribution in [3.63, 3.8) is 0 Å². The minimum absolute atomic E-state index is 0.0134. The molecule has 0 aliphatic rings. The Labute approximate surface area is 134 Å². The van der Waals surface area contributed by atoms with Crippen molar-refractivity contribution in [2.75, 3.05) is 5.73 Å². The Bertz CT molecular complexity index is 783. The van der Waals surface area contributed by atoms with E-state index in [1.54, 1.807) is 19.1 Å². The predicted octanol–water partition coefficient (Wildman–Crippen LogP) is 1.87. The Hall–Kier alpha value is -2.57. The van der Waals surface area contributed by atoms with Gasteiger partial charge in [0.25, 0.3) is 5.56 Å². The summed E-state index contributed by atoms with van der Waals surface area (Å²) in [5, 5.41) is 7.06. The molecular formula is C16H22N4O3. The van der Waals surface area contributed by atoms with Gasteiger partial charge in [0.2, 0.25) is 5.91 Å². The summed E-state index contributed by atoms with van der Waals surface area (Å²) in [7, 11) is 0. The van der Waals surface area contributed by atoms with Crippen molar-refractivity contribution in [1.82, 2.24) is 15.1 Å². The fourth-order valence-corrected chi connectivity index (χ4v) is 2.07. The van der Waals surface area contributed by atoms with Gasteiger partial charge in [0.15, 0.2) is 5.76 Å². The molecule has 1 amide bonds. The predicted molar refractivity (Wildman–Crippen MR) is 88.0 cm³/mol. The summed E-state index contributed by atoms with van der Waals surface area (Å²) in [5.41, 5.74) is 5.29. The number of nitrogen functional groups attached to an aromatic ring is 1. The molecule has 7 heteroatoms. The van der Waals surface area contributed by atoms with Crippen LogP contribution in [0.2, 0.25) is 0 Å². The van der Waals surface area contributed by atoms with E-state index in [1.807, 2.05) is 27.7 Å². The van der Waals surface area contributed by atoms with E-state index in [9.17, 15) is 9.59 Å². The molecule has 0 bridgehead atoms. The van der Waals surface area contributed by atoms with Crippen LogP contribution in [0.3, 0.4) is 0 Å². The zero-order valence-corrected chi connectivity index (χ0v) is 14.0. The molecule has 1 atom stereocenters. The summed E-state index contributed by atoms with van der Waals surface area (Å²) in [6.45, 7) is 9.01. The molecule has 0 spiro atoms. The van der Waals surface area contributed by atoms with E-state index in [2.05, 4.69) is 10.4 Å². The van der Waals surface area contributed by atoms with Gasteiger partial charge < -0.3 is 15.5 Å². The number of nitrogens with two attached hydrogens (primary N) is 1. The summed E-state index contributed by atoms with van der Waals surface area (Å²) in [6.07, 6.45) is 0. The summed E-state index contributed by atoms with van der Waals surface area (Å²) >= 11 is 0. The second-order valence-corrected chi connectivity index (χ2v) is 6.56. The molecule has 0 aliphatic heterocycles. The van der Waals surface area contributed by atoms with Crippen molar-refractivity contribution >= 4 is 11.6 Å². The number of amides is 1. The number of rotatable bonds is 3. The molecule has 0 radical (unpaired) electrons. The molecule has 3 N–H and O–H groups in total. The van der Waals surface area contributed by atoms with Gasteiger partial charge in [-0.25, -0.2) is 4.68 Å².